The van der Waals surface area contributed by atoms with E-state index in [0.717, 1.165) is 23.5 Å². The van der Waals surface area contributed by atoms with Crippen molar-refractivity contribution in [1.82, 2.24) is 0 Å². The molecule has 3 rings (SSSR count). The van der Waals surface area contributed by atoms with Gasteiger partial charge in [-0.1, -0.05) is 30.3 Å². The molecule has 1 aliphatic heterocycles. The summed E-state index contributed by atoms with van der Waals surface area (Å²) in [5.74, 6) is 1.59. The fourth-order valence-electron chi connectivity index (χ4n) is 2.41. The quantitative estimate of drug-likeness (QED) is 0.886. The van der Waals surface area contributed by atoms with E-state index in [9.17, 15) is 0 Å². The summed E-state index contributed by atoms with van der Waals surface area (Å²) >= 11 is 0. The van der Waals surface area contributed by atoms with Crippen LogP contribution in [0.25, 0.3) is 0 Å². The molecular weight excluding hydrogens is 266 g/mol. The van der Waals surface area contributed by atoms with Crippen molar-refractivity contribution >= 4 is 0 Å². The van der Waals surface area contributed by atoms with Crippen molar-refractivity contribution in [3.05, 3.63) is 59.2 Å². The van der Waals surface area contributed by atoms with E-state index in [4.69, 9.17) is 19.9 Å². The zero-order valence-corrected chi connectivity index (χ0v) is 11.9. The van der Waals surface area contributed by atoms with Crippen LogP contribution in [0.5, 0.6) is 11.5 Å². The summed E-state index contributed by atoms with van der Waals surface area (Å²) in [4.78, 5) is 0. The number of hydrogen-bond acceptors (Lipinski definition) is 4. The van der Waals surface area contributed by atoms with E-state index in [1.807, 2.05) is 30.3 Å². The minimum Gasteiger partial charge on any atom is -0.454 e. The van der Waals surface area contributed by atoms with Gasteiger partial charge in [0.25, 0.3) is 0 Å². The molecule has 4 nitrogen and oxygen atoms in total. The first-order valence-electron chi connectivity index (χ1n) is 7.10. The van der Waals surface area contributed by atoms with Crippen molar-refractivity contribution in [2.75, 3.05) is 13.3 Å². The number of benzene rings is 2. The third kappa shape index (κ3) is 3.35. The summed E-state index contributed by atoms with van der Waals surface area (Å²) in [5, 5.41) is 0. The third-order valence-electron chi connectivity index (χ3n) is 3.50. The van der Waals surface area contributed by atoms with Gasteiger partial charge in [-0.2, -0.15) is 0 Å². The molecule has 0 fully saturated rings. The van der Waals surface area contributed by atoms with E-state index in [1.165, 1.54) is 11.1 Å². The number of fused-ring (bicyclic) bond motifs is 1. The maximum atomic E-state index is 5.82. The molecule has 0 amide bonds. The Labute approximate surface area is 124 Å². The topological polar surface area (TPSA) is 53.7 Å². The molecule has 0 spiro atoms. The number of ether oxygens (including phenoxy) is 3. The molecule has 2 aromatic rings. The second-order valence-corrected chi connectivity index (χ2v) is 4.99. The average molecular weight is 285 g/mol. The molecule has 1 aliphatic rings. The molecule has 0 bridgehead atoms. The standard InChI is InChI=1S/C17H19NO3/c18-8-7-14-3-1-2-4-15(14)11-19-10-13-5-6-16-17(9-13)21-12-20-16/h1-6,9H,7-8,10-12,18H2. The van der Waals surface area contributed by atoms with Crippen LogP contribution in [-0.4, -0.2) is 13.3 Å². The lowest BCUT2D eigenvalue weighted by Gasteiger charge is -2.10. The van der Waals surface area contributed by atoms with E-state index in [2.05, 4.69) is 12.1 Å². The molecule has 110 valence electrons. The Hall–Kier alpha value is -2.04. The van der Waals surface area contributed by atoms with Gasteiger partial charge in [0.05, 0.1) is 13.2 Å². The first-order chi connectivity index (χ1) is 10.4. The maximum absolute atomic E-state index is 5.82. The molecule has 0 radical (unpaired) electrons. The fourth-order valence-corrected chi connectivity index (χ4v) is 2.41. The van der Waals surface area contributed by atoms with Gasteiger partial charge in [0.15, 0.2) is 11.5 Å². The Balaban J connectivity index is 1.59. The Morgan fingerprint density at radius 2 is 1.76 bits per heavy atom. The molecule has 0 atom stereocenters. The molecule has 2 aromatic carbocycles. The van der Waals surface area contributed by atoms with E-state index >= 15 is 0 Å². The lowest BCUT2D eigenvalue weighted by atomic mass is 10.1. The summed E-state index contributed by atoms with van der Waals surface area (Å²) in [6.45, 7) is 2.09. The third-order valence-corrected chi connectivity index (χ3v) is 3.50. The van der Waals surface area contributed by atoms with Crippen molar-refractivity contribution in [2.24, 2.45) is 5.73 Å². The molecule has 21 heavy (non-hydrogen) atoms. The number of rotatable bonds is 6. The van der Waals surface area contributed by atoms with Crippen LogP contribution in [0.4, 0.5) is 0 Å². The molecule has 0 saturated carbocycles. The van der Waals surface area contributed by atoms with Gasteiger partial charge in [-0.3, -0.25) is 0 Å². The van der Waals surface area contributed by atoms with Gasteiger partial charge in [-0.15, -0.1) is 0 Å². The van der Waals surface area contributed by atoms with Gasteiger partial charge in [0.2, 0.25) is 6.79 Å². The monoisotopic (exact) mass is 285 g/mol. The molecule has 1 heterocycles. The van der Waals surface area contributed by atoms with Gasteiger partial charge in [0, 0.05) is 0 Å². The van der Waals surface area contributed by atoms with Crippen molar-refractivity contribution in [3.63, 3.8) is 0 Å². The first kappa shape index (κ1) is 13.9. The van der Waals surface area contributed by atoms with Crippen molar-refractivity contribution < 1.29 is 14.2 Å². The van der Waals surface area contributed by atoms with Crippen LogP contribution in [0.1, 0.15) is 16.7 Å². The second-order valence-electron chi connectivity index (χ2n) is 4.99. The number of nitrogens with two attached hydrogens (primary N) is 1. The van der Waals surface area contributed by atoms with Crippen LogP contribution >= 0.6 is 0 Å². The summed E-state index contributed by atoms with van der Waals surface area (Å²) < 4.78 is 16.5. The maximum Gasteiger partial charge on any atom is 0.231 e. The lowest BCUT2D eigenvalue weighted by Crippen LogP contribution is -2.06. The van der Waals surface area contributed by atoms with Crippen LogP contribution in [0.3, 0.4) is 0 Å². The van der Waals surface area contributed by atoms with Gasteiger partial charge in [-0.05, 0) is 41.8 Å². The average Bonchev–Trinajstić information content (AvgIpc) is 2.97. The van der Waals surface area contributed by atoms with Crippen LogP contribution in [0, 0.1) is 0 Å². The van der Waals surface area contributed by atoms with E-state index in [-0.39, 0.29) is 0 Å². The minimum atomic E-state index is 0.298. The molecular formula is C17H19NO3. The van der Waals surface area contributed by atoms with E-state index in [0.29, 0.717) is 26.6 Å². The first-order valence-corrected chi connectivity index (χ1v) is 7.10. The van der Waals surface area contributed by atoms with Crippen molar-refractivity contribution in [2.45, 2.75) is 19.6 Å². The Morgan fingerprint density at radius 1 is 0.952 bits per heavy atom. The highest BCUT2D eigenvalue weighted by Crippen LogP contribution is 2.32. The van der Waals surface area contributed by atoms with Crippen molar-refractivity contribution in [1.29, 1.82) is 0 Å². The minimum absolute atomic E-state index is 0.298. The Bertz CT molecular complexity index is 613. The van der Waals surface area contributed by atoms with E-state index < -0.39 is 0 Å². The van der Waals surface area contributed by atoms with Crippen molar-refractivity contribution in [3.8, 4) is 11.5 Å². The second kappa shape index (κ2) is 6.61. The van der Waals surface area contributed by atoms with Crippen LogP contribution in [0.15, 0.2) is 42.5 Å². The highest BCUT2D eigenvalue weighted by atomic mass is 16.7. The molecule has 0 aliphatic carbocycles. The molecule has 2 N–H and O–H groups in total. The zero-order chi connectivity index (χ0) is 14.5. The van der Waals surface area contributed by atoms with Gasteiger partial charge in [0.1, 0.15) is 0 Å². The molecule has 0 aromatic heterocycles. The Morgan fingerprint density at radius 3 is 2.62 bits per heavy atom. The predicted molar refractivity (Wildman–Crippen MR) is 80.3 cm³/mol. The predicted octanol–water partition coefficient (Wildman–Crippen LogP) is 2.63. The Kier molecular flexibility index (Phi) is 4.38. The van der Waals surface area contributed by atoms with Gasteiger partial charge in [-0.25, -0.2) is 0 Å². The summed E-state index contributed by atoms with van der Waals surface area (Å²) in [6.07, 6.45) is 0.879. The molecule has 0 saturated heterocycles. The van der Waals surface area contributed by atoms with E-state index in [1.54, 1.807) is 0 Å². The smallest absolute Gasteiger partial charge is 0.231 e. The molecule has 4 heteroatoms. The van der Waals surface area contributed by atoms with Crippen LogP contribution in [0.2, 0.25) is 0 Å². The number of hydrogen-bond donors (Lipinski definition) is 1. The SMILES string of the molecule is NCCc1ccccc1COCc1ccc2c(c1)OCO2. The normalized spacial score (nSPS) is 12.6. The summed E-state index contributed by atoms with van der Waals surface area (Å²) in [5.41, 5.74) is 9.17. The highest BCUT2D eigenvalue weighted by Gasteiger charge is 2.13. The lowest BCUT2D eigenvalue weighted by molar-refractivity contribution is 0.106. The summed E-state index contributed by atoms with van der Waals surface area (Å²) in [6, 6.07) is 14.1. The summed E-state index contributed by atoms with van der Waals surface area (Å²) in [7, 11) is 0. The molecule has 0 unspecified atom stereocenters. The highest BCUT2D eigenvalue weighted by molar-refractivity contribution is 5.44. The largest absolute Gasteiger partial charge is 0.454 e. The van der Waals surface area contributed by atoms with Crippen LogP contribution < -0.4 is 15.2 Å². The van der Waals surface area contributed by atoms with Crippen LogP contribution in [-0.2, 0) is 24.4 Å². The zero-order valence-electron chi connectivity index (χ0n) is 11.9. The van der Waals surface area contributed by atoms with Gasteiger partial charge < -0.3 is 19.9 Å². The van der Waals surface area contributed by atoms with Gasteiger partial charge >= 0.3 is 0 Å². The fraction of sp³-hybridized carbons (Fsp3) is 0.294.